The molecule has 5 aromatic rings. The van der Waals surface area contributed by atoms with Crippen molar-refractivity contribution < 1.29 is 17.9 Å². The van der Waals surface area contributed by atoms with E-state index >= 15 is 0 Å². The van der Waals surface area contributed by atoms with Gasteiger partial charge < -0.3 is 4.74 Å². The predicted octanol–water partition coefficient (Wildman–Crippen LogP) is 5.42. The number of nitrogens with one attached hydrogen (secondary N) is 2. The molecule has 0 saturated heterocycles. The minimum Gasteiger partial charge on any atom is -0.497 e. The Morgan fingerprint density at radius 2 is 1.59 bits per heavy atom. The zero-order valence-electron chi connectivity index (χ0n) is 22.4. The number of carbonyl (C=O) groups excluding carboxylic acids is 1. The van der Waals surface area contributed by atoms with Crippen LogP contribution in [-0.2, 0) is 10.0 Å². The first-order valence-corrected chi connectivity index (χ1v) is 14.1. The Hall–Kier alpha value is -5.22. The van der Waals surface area contributed by atoms with Gasteiger partial charge in [-0.3, -0.25) is 9.52 Å². The van der Waals surface area contributed by atoms with Crippen LogP contribution in [0.1, 0.15) is 21.5 Å². The molecule has 0 atom stereocenters. The first-order chi connectivity index (χ1) is 19.8. The van der Waals surface area contributed by atoms with Gasteiger partial charge in [0, 0.05) is 28.6 Å². The summed E-state index contributed by atoms with van der Waals surface area (Å²) in [5, 5.41) is 8.90. The Balaban J connectivity index is 1.30. The van der Waals surface area contributed by atoms with E-state index in [9.17, 15) is 13.2 Å². The lowest BCUT2D eigenvalue weighted by Crippen LogP contribution is -2.18. The molecule has 5 rings (SSSR count). The molecule has 41 heavy (non-hydrogen) atoms. The van der Waals surface area contributed by atoms with E-state index in [4.69, 9.17) is 9.84 Å². The van der Waals surface area contributed by atoms with Crippen molar-refractivity contribution in [2.45, 2.75) is 11.8 Å². The zero-order valence-corrected chi connectivity index (χ0v) is 23.2. The average Bonchev–Trinajstić information content (AvgIpc) is 3.42. The SMILES string of the molecule is COc1ccc(-c2nn(-c3ccccc3)cc2/C=N\NC(=O)c2ccc(NS(=O)(=O)c3ccc(C)cc3)cc2)cc1. The molecule has 0 radical (unpaired) electrons. The Kier molecular flexibility index (Phi) is 7.93. The van der Waals surface area contributed by atoms with Crippen molar-refractivity contribution in [2.24, 2.45) is 5.10 Å². The maximum Gasteiger partial charge on any atom is 0.271 e. The summed E-state index contributed by atoms with van der Waals surface area (Å²) in [5.74, 6) is 0.281. The number of nitrogens with zero attached hydrogens (tertiary/aromatic N) is 3. The number of amides is 1. The largest absolute Gasteiger partial charge is 0.497 e. The molecule has 2 N–H and O–H groups in total. The van der Waals surface area contributed by atoms with Crippen molar-refractivity contribution in [2.75, 3.05) is 11.8 Å². The number of para-hydroxylation sites is 1. The van der Waals surface area contributed by atoms with Crippen molar-refractivity contribution in [3.63, 3.8) is 0 Å². The van der Waals surface area contributed by atoms with Crippen molar-refractivity contribution >= 4 is 27.8 Å². The highest BCUT2D eigenvalue weighted by atomic mass is 32.2. The van der Waals surface area contributed by atoms with E-state index < -0.39 is 15.9 Å². The number of aryl methyl sites for hydroxylation is 1. The first-order valence-electron chi connectivity index (χ1n) is 12.6. The Labute approximate surface area is 238 Å². The summed E-state index contributed by atoms with van der Waals surface area (Å²) < 4.78 is 34.8. The molecule has 0 bridgehead atoms. The lowest BCUT2D eigenvalue weighted by molar-refractivity contribution is 0.0955. The number of sulfonamides is 1. The predicted molar refractivity (Wildman–Crippen MR) is 159 cm³/mol. The fraction of sp³-hybridized carbons (Fsp3) is 0.0645. The van der Waals surface area contributed by atoms with Gasteiger partial charge in [0.2, 0.25) is 0 Å². The molecule has 0 aliphatic carbocycles. The van der Waals surface area contributed by atoms with Crippen LogP contribution in [0.25, 0.3) is 16.9 Å². The van der Waals surface area contributed by atoms with Gasteiger partial charge in [-0.05, 0) is 79.7 Å². The van der Waals surface area contributed by atoms with E-state index in [0.717, 1.165) is 22.6 Å². The van der Waals surface area contributed by atoms with Crippen molar-refractivity contribution in [3.8, 4) is 22.7 Å². The van der Waals surface area contributed by atoms with Gasteiger partial charge in [-0.15, -0.1) is 0 Å². The number of aromatic nitrogens is 2. The van der Waals surface area contributed by atoms with Gasteiger partial charge >= 0.3 is 0 Å². The summed E-state index contributed by atoms with van der Waals surface area (Å²) in [7, 11) is -2.14. The summed E-state index contributed by atoms with van der Waals surface area (Å²) in [4.78, 5) is 12.9. The van der Waals surface area contributed by atoms with E-state index in [0.29, 0.717) is 22.5 Å². The minimum atomic E-state index is -3.75. The molecule has 10 heteroatoms. The number of ether oxygens (including phenoxy) is 1. The van der Waals surface area contributed by atoms with E-state index in [1.165, 1.54) is 30.5 Å². The smallest absolute Gasteiger partial charge is 0.271 e. The summed E-state index contributed by atoms with van der Waals surface area (Å²) in [6.45, 7) is 1.88. The highest BCUT2D eigenvalue weighted by molar-refractivity contribution is 7.92. The third-order valence-electron chi connectivity index (χ3n) is 6.23. The number of rotatable bonds is 9. The van der Waals surface area contributed by atoms with Crippen LogP contribution in [-0.4, -0.2) is 37.4 Å². The van der Waals surface area contributed by atoms with Crippen LogP contribution in [0.4, 0.5) is 5.69 Å². The number of hydrazone groups is 1. The van der Waals surface area contributed by atoms with Crippen LogP contribution in [0.2, 0.25) is 0 Å². The highest BCUT2D eigenvalue weighted by Crippen LogP contribution is 2.25. The number of anilines is 1. The third kappa shape index (κ3) is 6.51. The second-order valence-electron chi connectivity index (χ2n) is 9.14. The van der Waals surface area contributed by atoms with Crippen molar-refractivity contribution in [1.29, 1.82) is 0 Å². The fourth-order valence-electron chi connectivity index (χ4n) is 4.01. The van der Waals surface area contributed by atoms with Crippen molar-refractivity contribution in [3.05, 3.63) is 126 Å². The minimum absolute atomic E-state index is 0.156. The molecule has 1 amide bonds. The normalized spacial score (nSPS) is 11.4. The molecule has 0 aliphatic rings. The molecule has 0 aliphatic heterocycles. The van der Waals surface area contributed by atoms with Gasteiger partial charge in [0.15, 0.2) is 0 Å². The van der Waals surface area contributed by atoms with Crippen LogP contribution in [0.3, 0.4) is 0 Å². The topological polar surface area (TPSA) is 115 Å². The van der Waals surface area contributed by atoms with Gasteiger partial charge in [0.1, 0.15) is 11.4 Å². The standard InChI is InChI=1S/C31H27N5O4S/c1-22-8-18-29(19-9-22)41(38,39)35-26-14-10-24(11-15-26)31(37)33-32-20-25-21-36(27-6-4-3-5-7-27)34-30(25)23-12-16-28(40-2)17-13-23/h3-21,35H,1-2H3,(H,33,37)/b32-20-. The quantitative estimate of drug-likeness (QED) is 0.183. The number of hydrogen-bond donors (Lipinski definition) is 2. The van der Waals surface area contributed by atoms with E-state index in [2.05, 4.69) is 15.2 Å². The molecular formula is C31H27N5O4S. The Bertz CT molecular complexity index is 1780. The van der Waals surface area contributed by atoms with E-state index in [1.807, 2.05) is 67.7 Å². The molecule has 0 saturated carbocycles. The van der Waals surface area contributed by atoms with Crippen LogP contribution >= 0.6 is 0 Å². The lowest BCUT2D eigenvalue weighted by Gasteiger charge is -2.09. The molecule has 0 spiro atoms. The molecule has 1 heterocycles. The maximum absolute atomic E-state index is 12.7. The molecular weight excluding hydrogens is 538 g/mol. The lowest BCUT2D eigenvalue weighted by atomic mass is 10.1. The van der Waals surface area contributed by atoms with Crippen LogP contribution in [0, 0.1) is 6.92 Å². The summed E-state index contributed by atoms with van der Waals surface area (Å²) in [5.41, 5.74) is 7.25. The maximum atomic E-state index is 12.7. The second kappa shape index (κ2) is 11.9. The van der Waals surface area contributed by atoms with Crippen LogP contribution in [0.15, 0.2) is 119 Å². The first kappa shape index (κ1) is 27.4. The molecule has 206 valence electrons. The molecule has 0 unspecified atom stereocenters. The molecule has 1 aromatic heterocycles. The van der Waals surface area contributed by atoms with E-state index in [1.54, 1.807) is 36.1 Å². The van der Waals surface area contributed by atoms with Gasteiger partial charge in [-0.1, -0.05) is 35.9 Å². The number of hydrogen-bond acceptors (Lipinski definition) is 6. The summed E-state index contributed by atoms with van der Waals surface area (Å²) in [6.07, 6.45) is 3.37. The van der Waals surface area contributed by atoms with E-state index in [-0.39, 0.29) is 4.90 Å². The monoisotopic (exact) mass is 565 g/mol. The van der Waals surface area contributed by atoms with Gasteiger partial charge in [0.05, 0.1) is 23.9 Å². The van der Waals surface area contributed by atoms with Gasteiger partial charge in [0.25, 0.3) is 15.9 Å². The average molecular weight is 566 g/mol. The van der Waals surface area contributed by atoms with Gasteiger partial charge in [-0.25, -0.2) is 18.5 Å². The molecule has 4 aromatic carbocycles. The highest BCUT2D eigenvalue weighted by Gasteiger charge is 2.15. The molecule has 0 fully saturated rings. The fourth-order valence-corrected chi connectivity index (χ4v) is 5.07. The Morgan fingerprint density at radius 3 is 2.24 bits per heavy atom. The number of carbonyl (C=O) groups is 1. The van der Waals surface area contributed by atoms with Crippen LogP contribution < -0.4 is 14.9 Å². The Morgan fingerprint density at radius 1 is 0.902 bits per heavy atom. The molecule has 9 nitrogen and oxygen atoms in total. The second-order valence-corrected chi connectivity index (χ2v) is 10.8. The zero-order chi connectivity index (χ0) is 28.8. The summed E-state index contributed by atoms with van der Waals surface area (Å²) in [6, 6.07) is 29.8. The van der Waals surface area contributed by atoms with Crippen molar-refractivity contribution in [1.82, 2.24) is 15.2 Å². The third-order valence-corrected chi connectivity index (χ3v) is 7.62. The number of methoxy groups -OCH3 is 1. The number of benzene rings is 4. The van der Waals surface area contributed by atoms with Gasteiger partial charge in [-0.2, -0.15) is 10.2 Å². The summed E-state index contributed by atoms with van der Waals surface area (Å²) >= 11 is 0. The van der Waals surface area contributed by atoms with Crippen LogP contribution in [0.5, 0.6) is 5.75 Å².